The summed E-state index contributed by atoms with van der Waals surface area (Å²) in [6.07, 6.45) is 5.41. The van der Waals surface area contributed by atoms with Crippen LogP contribution in [0.1, 0.15) is 24.2 Å². The van der Waals surface area contributed by atoms with Crippen LogP contribution in [-0.2, 0) is 12.0 Å². The van der Waals surface area contributed by atoms with E-state index in [2.05, 4.69) is 23.1 Å². The van der Waals surface area contributed by atoms with Crippen molar-refractivity contribution >= 4 is 11.8 Å². The molecular formula is C11H15NOS. The Labute approximate surface area is 88.4 Å². The minimum atomic E-state index is 0.183. The van der Waals surface area contributed by atoms with Crippen molar-refractivity contribution in [3.05, 3.63) is 23.7 Å². The van der Waals surface area contributed by atoms with E-state index in [0.29, 0.717) is 0 Å². The van der Waals surface area contributed by atoms with Gasteiger partial charge < -0.3 is 9.73 Å². The Kier molecular flexibility index (Phi) is 2.10. The number of thioether (sulfide) groups is 1. The largest absolute Gasteiger partial charge is 0.467 e. The van der Waals surface area contributed by atoms with E-state index in [0.717, 1.165) is 13.0 Å². The van der Waals surface area contributed by atoms with Crippen LogP contribution in [0.2, 0.25) is 0 Å². The first-order valence-electron chi connectivity index (χ1n) is 5.30. The van der Waals surface area contributed by atoms with Crippen LogP contribution in [0.5, 0.6) is 0 Å². The fourth-order valence-corrected chi connectivity index (χ4v) is 3.78. The molecule has 0 bridgehead atoms. The predicted molar refractivity (Wildman–Crippen MR) is 58.7 cm³/mol. The molecule has 0 radical (unpaired) electrons. The predicted octanol–water partition coefficient (Wildman–Crippen LogP) is 2.15. The van der Waals surface area contributed by atoms with Crippen molar-refractivity contribution in [2.75, 3.05) is 18.1 Å². The zero-order valence-electron chi connectivity index (χ0n) is 8.21. The Bertz CT molecular complexity index is 328. The number of hydrogen-bond acceptors (Lipinski definition) is 3. The molecule has 2 aliphatic rings. The molecule has 2 nitrogen and oxygen atoms in total. The number of hydrogen-bond donors (Lipinski definition) is 1. The highest BCUT2D eigenvalue weighted by atomic mass is 32.2. The summed E-state index contributed by atoms with van der Waals surface area (Å²) in [7, 11) is 0. The van der Waals surface area contributed by atoms with Crippen LogP contribution in [0.15, 0.2) is 16.7 Å². The van der Waals surface area contributed by atoms with Gasteiger partial charge in [-0.15, -0.1) is 0 Å². The first kappa shape index (κ1) is 8.86. The third kappa shape index (κ3) is 1.22. The summed E-state index contributed by atoms with van der Waals surface area (Å²) in [6.45, 7) is 1.11. The number of nitrogens with one attached hydrogen (secondary N) is 1. The summed E-state index contributed by atoms with van der Waals surface area (Å²) >= 11 is 2.06. The van der Waals surface area contributed by atoms with Crippen LogP contribution < -0.4 is 5.32 Å². The number of fused-ring (bicyclic) bond motifs is 2. The standard InChI is InChI=1S/C11H15NOS/c1-5-12-11(3-7-14-8-4-11)10-9(1)2-6-13-10/h2,6,12H,1,3-5,7-8H2. The summed E-state index contributed by atoms with van der Waals surface area (Å²) in [6, 6.07) is 2.14. The van der Waals surface area contributed by atoms with Gasteiger partial charge in [0.2, 0.25) is 0 Å². The molecule has 1 N–H and O–H groups in total. The second kappa shape index (κ2) is 3.31. The molecule has 0 atom stereocenters. The van der Waals surface area contributed by atoms with Crippen LogP contribution in [-0.4, -0.2) is 18.1 Å². The first-order chi connectivity index (χ1) is 6.91. The van der Waals surface area contributed by atoms with Gasteiger partial charge in [-0.2, -0.15) is 11.8 Å². The average molecular weight is 209 g/mol. The van der Waals surface area contributed by atoms with Gasteiger partial charge in [-0.25, -0.2) is 0 Å². The summed E-state index contributed by atoms with van der Waals surface area (Å²) in [5.41, 5.74) is 1.61. The van der Waals surface area contributed by atoms with Crippen molar-refractivity contribution in [1.29, 1.82) is 0 Å². The van der Waals surface area contributed by atoms with Crippen molar-refractivity contribution in [1.82, 2.24) is 5.32 Å². The third-order valence-corrected chi connectivity index (χ3v) is 4.37. The minimum Gasteiger partial charge on any atom is -0.467 e. The Hall–Kier alpha value is -0.410. The molecule has 1 aromatic rings. The van der Waals surface area contributed by atoms with Gasteiger partial charge in [-0.05, 0) is 42.4 Å². The van der Waals surface area contributed by atoms with Gasteiger partial charge in [0.15, 0.2) is 0 Å². The molecule has 0 aliphatic carbocycles. The molecule has 3 heteroatoms. The molecule has 14 heavy (non-hydrogen) atoms. The van der Waals surface area contributed by atoms with Crippen molar-refractivity contribution in [2.24, 2.45) is 0 Å². The first-order valence-corrected chi connectivity index (χ1v) is 6.46. The minimum absolute atomic E-state index is 0.183. The summed E-state index contributed by atoms with van der Waals surface area (Å²) < 4.78 is 5.68. The average Bonchev–Trinajstić information content (AvgIpc) is 2.69. The van der Waals surface area contributed by atoms with E-state index in [9.17, 15) is 0 Å². The highest BCUT2D eigenvalue weighted by Gasteiger charge is 2.40. The lowest BCUT2D eigenvalue weighted by atomic mass is 9.84. The Balaban J connectivity index is 2.01. The van der Waals surface area contributed by atoms with E-state index in [1.807, 2.05) is 6.26 Å². The molecule has 76 valence electrons. The molecule has 1 aromatic heterocycles. The van der Waals surface area contributed by atoms with Gasteiger partial charge in [0.05, 0.1) is 11.8 Å². The molecule has 0 unspecified atom stereocenters. The van der Waals surface area contributed by atoms with Gasteiger partial charge in [0.1, 0.15) is 5.76 Å². The molecule has 0 amide bonds. The van der Waals surface area contributed by atoms with Crippen molar-refractivity contribution in [3.8, 4) is 0 Å². The maximum atomic E-state index is 5.68. The van der Waals surface area contributed by atoms with Crippen LogP contribution in [0.4, 0.5) is 0 Å². The molecule has 3 heterocycles. The Morgan fingerprint density at radius 2 is 2.21 bits per heavy atom. The highest BCUT2D eigenvalue weighted by Crippen LogP contribution is 2.39. The van der Waals surface area contributed by atoms with E-state index in [1.165, 1.54) is 35.7 Å². The second-order valence-electron chi connectivity index (χ2n) is 4.15. The van der Waals surface area contributed by atoms with Gasteiger partial charge in [-0.1, -0.05) is 0 Å². The molecule has 1 fully saturated rings. The maximum Gasteiger partial charge on any atom is 0.127 e. The maximum absolute atomic E-state index is 5.68. The van der Waals surface area contributed by atoms with Crippen LogP contribution in [0.25, 0.3) is 0 Å². The molecule has 2 aliphatic heterocycles. The number of furan rings is 1. The van der Waals surface area contributed by atoms with E-state index in [-0.39, 0.29) is 5.54 Å². The molecule has 0 aromatic carbocycles. The SMILES string of the molecule is c1cc2c(o1)C1(CCSCC1)NCC2. The zero-order valence-corrected chi connectivity index (χ0v) is 9.03. The topological polar surface area (TPSA) is 25.2 Å². The number of rotatable bonds is 0. The van der Waals surface area contributed by atoms with Crippen LogP contribution in [0, 0.1) is 0 Å². The third-order valence-electron chi connectivity index (χ3n) is 3.39. The Morgan fingerprint density at radius 1 is 1.36 bits per heavy atom. The summed E-state index contributed by atoms with van der Waals surface area (Å²) in [4.78, 5) is 0. The van der Waals surface area contributed by atoms with Gasteiger partial charge in [0.25, 0.3) is 0 Å². The normalized spacial score (nSPS) is 24.9. The Morgan fingerprint density at radius 3 is 3.07 bits per heavy atom. The zero-order chi connectivity index (χ0) is 9.43. The van der Waals surface area contributed by atoms with Gasteiger partial charge in [0, 0.05) is 6.54 Å². The van der Waals surface area contributed by atoms with E-state index < -0.39 is 0 Å². The van der Waals surface area contributed by atoms with Crippen LogP contribution in [0.3, 0.4) is 0 Å². The monoisotopic (exact) mass is 209 g/mol. The quantitative estimate of drug-likeness (QED) is 0.708. The molecule has 3 rings (SSSR count). The molecule has 1 saturated heterocycles. The highest BCUT2D eigenvalue weighted by molar-refractivity contribution is 7.99. The summed E-state index contributed by atoms with van der Waals surface area (Å²) in [5.74, 6) is 3.74. The lowest BCUT2D eigenvalue weighted by molar-refractivity contribution is 0.235. The molecular weight excluding hydrogens is 194 g/mol. The fourth-order valence-electron chi connectivity index (χ4n) is 2.59. The van der Waals surface area contributed by atoms with Crippen molar-refractivity contribution in [2.45, 2.75) is 24.8 Å². The van der Waals surface area contributed by atoms with Crippen molar-refractivity contribution in [3.63, 3.8) is 0 Å². The van der Waals surface area contributed by atoms with Gasteiger partial charge in [-0.3, -0.25) is 0 Å². The second-order valence-corrected chi connectivity index (χ2v) is 5.37. The van der Waals surface area contributed by atoms with E-state index >= 15 is 0 Å². The van der Waals surface area contributed by atoms with Gasteiger partial charge >= 0.3 is 0 Å². The lowest BCUT2D eigenvalue weighted by Crippen LogP contribution is -2.49. The smallest absolute Gasteiger partial charge is 0.127 e. The van der Waals surface area contributed by atoms with Crippen molar-refractivity contribution < 1.29 is 4.42 Å². The fraction of sp³-hybridized carbons (Fsp3) is 0.636. The lowest BCUT2D eigenvalue weighted by Gasteiger charge is -2.39. The van der Waals surface area contributed by atoms with Crippen LogP contribution >= 0.6 is 11.8 Å². The summed E-state index contributed by atoms with van der Waals surface area (Å²) in [5, 5.41) is 3.67. The van der Waals surface area contributed by atoms with E-state index in [1.54, 1.807) is 0 Å². The molecule has 0 saturated carbocycles. The van der Waals surface area contributed by atoms with E-state index in [4.69, 9.17) is 4.42 Å². The molecule has 1 spiro atoms.